The van der Waals surface area contributed by atoms with Crippen LogP contribution in [0, 0.1) is 18.8 Å². The van der Waals surface area contributed by atoms with Crippen molar-refractivity contribution in [2.24, 2.45) is 11.8 Å². The lowest BCUT2D eigenvalue weighted by atomic mass is 10.0. The van der Waals surface area contributed by atoms with Crippen molar-refractivity contribution in [2.45, 2.75) is 47.5 Å². The topological polar surface area (TPSA) is 29.1 Å². The average Bonchev–Trinajstić information content (AvgIpc) is 2.72. The zero-order valence-corrected chi connectivity index (χ0v) is 19.0. The number of nitrogens with one attached hydrogen (secondary N) is 1. The third-order valence-electron chi connectivity index (χ3n) is 4.66. The fraction of sp³-hybridized carbons (Fsp3) is 0.321. The molecule has 0 saturated carbocycles. The van der Waals surface area contributed by atoms with Crippen LogP contribution in [-0.2, 0) is 12.8 Å². The first-order valence-electron chi connectivity index (χ1n) is 10.8. The summed E-state index contributed by atoms with van der Waals surface area (Å²) in [6, 6.07) is 26.1. The molecule has 2 heteroatoms. The van der Waals surface area contributed by atoms with Crippen LogP contribution >= 0.6 is 0 Å². The predicted octanol–water partition coefficient (Wildman–Crippen LogP) is 7.33. The molecule has 0 heterocycles. The second-order valence-corrected chi connectivity index (χ2v) is 8.70. The zero-order chi connectivity index (χ0) is 21.9. The van der Waals surface area contributed by atoms with Crippen molar-refractivity contribution in [3.8, 4) is 0 Å². The van der Waals surface area contributed by atoms with Crippen molar-refractivity contribution in [1.29, 1.82) is 0 Å². The fourth-order valence-electron chi connectivity index (χ4n) is 3.18. The van der Waals surface area contributed by atoms with Crippen LogP contribution in [0.5, 0.6) is 0 Å². The van der Waals surface area contributed by atoms with Crippen LogP contribution in [-0.4, -0.2) is 5.91 Å². The summed E-state index contributed by atoms with van der Waals surface area (Å²) in [6.07, 6.45) is 2.26. The van der Waals surface area contributed by atoms with Crippen LogP contribution in [0.4, 0.5) is 5.69 Å². The molecular weight excluding hydrogens is 366 g/mol. The normalized spacial score (nSPS) is 10.5. The molecule has 3 rings (SSSR count). The number of carbonyl (C=O) groups excluding carboxylic acids is 1. The van der Waals surface area contributed by atoms with E-state index in [0.29, 0.717) is 11.5 Å². The third kappa shape index (κ3) is 8.65. The van der Waals surface area contributed by atoms with Gasteiger partial charge in [0.25, 0.3) is 5.91 Å². The molecule has 0 aliphatic carbocycles. The minimum atomic E-state index is -0.0720. The van der Waals surface area contributed by atoms with Crippen LogP contribution in [0.1, 0.15) is 54.7 Å². The van der Waals surface area contributed by atoms with Gasteiger partial charge < -0.3 is 5.32 Å². The molecular formula is C28H35NO. The number of amides is 1. The molecule has 0 spiro atoms. The number of anilines is 1. The lowest BCUT2D eigenvalue weighted by Crippen LogP contribution is -2.11. The Kier molecular flexibility index (Phi) is 9.34. The third-order valence-corrected chi connectivity index (χ3v) is 4.66. The summed E-state index contributed by atoms with van der Waals surface area (Å²) >= 11 is 0. The molecule has 0 radical (unpaired) electrons. The van der Waals surface area contributed by atoms with Crippen LogP contribution in [0.3, 0.4) is 0 Å². The van der Waals surface area contributed by atoms with Crippen LogP contribution in [0.15, 0.2) is 78.9 Å². The number of hydrogen-bond acceptors (Lipinski definition) is 1. The summed E-state index contributed by atoms with van der Waals surface area (Å²) in [5.74, 6) is 1.33. The molecule has 0 atom stereocenters. The molecule has 0 aliphatic rings. The molecule has 2 nitrogen and oxygen atoms in total. The highest BCUT2D eigenvalue weighted by molar-refractivity contribution is 6.04. The second kappa shape index (κ2) is 12.0. The van der Waals surface area contributed by atoms with Gasteiger partial charge in [-0.1, -0.05) is 87.9 Å². The van der Waals surface area contributed by atoms with E-state index in [9.17, 15) is 4.79 Å². The lowest BCUT2D eigenvalue weighted by Gasteiger charge is -2.08. The highest BCUT2D eigenvalue weighted by Crippen LogP contribution is 2.14. The molecule has 0 fully saturated rings. The first kappa shape index (κ1) is 23.4. The minimum Gasteiger partial charge on any atom is -0.322 e. The molecule has 0 bridgehead atoms. The van der Waals surface area contributed by atoms with E-state index in [-0.39, 0.29) is 5.91 Å². The van der Waals surface area contributed by atoms with Crippen LogP contribution in [0.25, 0.3) is 0 Å². The lowest BCUT2D eigenvalue weighted by molar-refractivity contribution is 0.102. The molecule has 1 N–H and O–H groups in total. The molecule has 3 aromatic rings. The quantitative estimate of drug-likeness (QED) is 0.460. The van der Waals surface area contributed by atoms with Gasteiger partial charge in [0.2, 0.25) is 0 Å². The largest absolute Gasteiger partial charge is 0.322 e. The summed E-state index contributed by atoms with van der Waals surface area (Å²) in [6.45, 7) is 11.0. The minimum absolute atomic E-state index is 0.0720. The maximum Gasteiger partial charge on any atom is 0.255 e. The summed E-state index contributed by atoms with van der Waals surface area (Å²) in [5, 5.41) is 2.90. The van der Waals surface area contributed by atoms with Gasteiger partial charge >= 0.3 is 0 Å². The number of hydrogen-bond donors (Lipinski definition) is 1. The fourth-order valence-corrected chi connectivity index (χ4v) is 3.18. The van der Waals surface area contributed by atoms with Gasteiger partial charge in [-0.25, -0.2) is 0 Å². The van der Waals surface area contributed by atoms with E-state index in [0.717, 1.165) is 18.0 Å². The highest BCUT2D eigenvalue weighted by Gasteiger charge is 2.05. The molecule has 0 unspecified atom stereocenters. The van der Waals surface area contributed by atoms with Gasteiger partial charge in [-0.05, 0) is 67.0 Å². The summed E-state index contributed by atoms with van der Waals surface area (Å²) < 4.78 is 0. The first-order valence-corrected chi connectivity index (χ1v) is 10.8. The Bertz CT molecular complexity index is 878. The molecule has 30 heavy (non-hydrogen) atoms. The van der Waals surface area contributed by atoms with Crippen LogP contribution in [0.2, 0.25) is 0 Å². The van der Waals surface area contributed by atoms with Crippen molar-refractivity contribution in [3.63, 3.8) is 0 Å². The predicted molar refractivity (Wildman–Crippen MR) is 129 cm³/mol. The summed E-state index contributed by atoms with van der Waals surface area (Å²) in [4.78, 5) is 12.0. The maximum absolute atomic E-state index is 12.0. The van der Waals surface area contributed by atoms with Gasteiger partial charge in [0.1, 0.15) is 0 Å². The molecule has 1 amide bonds. The van der Waals surface area contributed by atoms with Crippen molar-refractivity contribution >= 4 is 11.6 Å². The molecule has 0 saturated heterocycles. The van der Waals surface area contributed by atoms with E-state index in [1.165, 1.54) is 23.1 Å². The van der Waals surface area contributed by atoms with Crippen LogP contribution < -0.4 is 5.32 Å². The Balaban J connectivity index is 0.000000248. The average molecular weight is 402 g/mol. The van der Waals surface area contributed by atoms with Gasteiger partial charge in [0.05, 0.1) is 0 Å². The van der Waals surface area contributed by atoms with Crippen molar-refractivity contribution < 1.29 is 4.79 Å². The smallest absolute Gasteiger partial charge is 0.255 e. The van der Waals surface area contributed by atoms with Gasteiger partial charge in [-0.15, -0.1) is 0 Å². The van der Waals surface area contributed by atoms with E-state index in [2.05, 4.69) is 76.3 Å². The number of carbonyl (C=O) groups is 1. The SMILES string of the molecule is CC(C)Cc1ccc(NC(=O)c2ccccc2)cc1.Cc1ccc(CC(C)C)cc1. The van der Waals surface area contributed by atoms with E-state index >= 15 is 0 Å². The van der Waals surface area contributed by atoms with E-state index in [4.69, 9.17) is 0 Å². The second-order valence-electron chi connectivity index (χ2n) is 8.70. The summed E-state index contributed by atoms with van der Waals surface area (Å²) in [5.41, 5.74) is 5.60. The number of benzene rings is 3. The van der Waals surface area contributed by atoms with E-state index in [1.54, 1.807) is 0 Å². The van der Waals surface area contributed by atoms with Gasteiger partial charge in [0.15, 0.2) is 0 Å². The molecule has 158 valence electrons. The summed E-state index contributed by atoms with van der Waals surface area (Å²) in [7, 11) is 0. The van der Waals surface area contributed by atoms with E-state index in [1.807, 2.05) is 42.5 Å². The van der Waals surface area contributed by atoms with Gasteiger partial charge in [-0.2, -0.15) is 0 Å². The molecule has 3 aromatic carbocycles. The number of rotatable bonds is 6. The van der Waals surface area contributed by atoms with Crippen molar-refractivity contribution in [1.82, 2.24) is 0 Å². The Hall–Kier alpha value is -2.87. The Morgan fingerprint density at radius 2 is 1.17 bits per heavy atom. The van der Waals surface area contributed by atoms with Gasteiger partial charge in [0, 0.05) is 11.3 Å². The maximum atomic E-state index is 12.0. The standard InChI is InChI=1S/C17H19NO.C11H16/c1-13(2)12-14-8-10-16(11-9-14)18-17(19)15-6-4-3-5-7-15;1-9(2)8-11-6-4-10(3)5-7-11/h3-11,13H,12H2,1-2H3,(H,18,19);4-7,9H,8H2,1-3H3. The van der Waals surface area contributed by atoms with Crippen molar-refractivity contribution in [2.75, 3.05) is 5.32 Å². The first-order chi connectivity index (χ1) is 14.3. The Morgan fingerprint density at radius 3 is 1.63 bits per heavy atom. The zero-order valence-electron chi connectivity index (χ0n) is 19.0. The van der Waals surface area contributed by atoms with Gasteiger partial charge in [-0.3, -0.25) is 4.79 Å². The molecule has 0 aromatic heterocycles. The van der Waals surface area contributed by atoms with Crippen molar-refractivity contribution in [3.05, 3.63) is 101 Å². The number of aryl methyl sites for hydroxylation is 1. The highest BCUT2D eigenvalue weighted by atomic mass is 16.1. The Labute approximate surface area is 182 Å². The molecule has 0 aliphatic heterocycles. The Morgan fingerprint density at radius 1 is 0.700 bits per heavy atom. The van der Waals surface area contributed by atoms with E-state index < -0.39 is 0 Å². The monoisotopic (exact) mass is 401 g/mol.